The maximum absolute atomic E-state index is 4.70. The predicted octanol–water partition coefficient (Wildman–Crippen LogP) is 3.63. The first-order valence-electron chi connectivity index (χ1n) is 8.34. The highest BCUT2D eigenvalue weighted by Gasteiger charge is 2.20. The maximum Gasteiger partial charge on any atom is 0.215 e. The zero-order chi connectivity index (χ0) is 16.2. The molecule has 0 atom stereocenters. The van der Waals surface area contributed by atoms with Crippen LogP contribution in [-0.2, 0) is 6.32 Å². The fourth-order valence-corrected chi connectivity index (χ4v) is 3.34. The Bertz CT molecular complexity index is 891. The molecular formula is C22H18BN. The number of hydrogen-bond donors (Lipinski definition) is 0. The molecule has 0 aliphatic rings. The Morgan fingerprint density at radius 3 is 1.88 bits per heavy atom. The van der Waals surface area contributed by atoms with Crippen LogP contribution in [0.15, 0.2) is 97.2 Å². The molecule has 0 bridgehead atoms. The zero-order valence-corrected chi connectivity index (χ0v) is 13.5. The van der Waals surface area contributed by atoms with E-state index in [1.807, 2.05) is 6.20 Å². The van der Waals surface area contributed by atoms with E-state index in [0.717, 1.165) is 12.0 Å². The molecular weight excluding hydrogens is 289 g/mol. The van der Waals surface area contributed by atoms with Gasteiger partial charge < -0.3 is 0 Å². The summed E-state index contributed by atoms with van der Waals surface area (Å²) in [5, 5.41) is 2.50. The van der Waals surface area contributed by atoms with E-state index in [2.05, 4.69) is 91.0 Å². The lowest BCUT2D eigenvalue weighted by molar-refractivity contribution is 1.19. The standard InChI is InChI=1S/C22H18BN/c1-3-10-19(11-4-1)23(20-12-5-2-6-13-20)17-22-21-14-8-7-9-18(21)15-16-24-22/h1-16H,17H2. The van der Waals surface area contributed by atoms with Gasteiger partial charge in [0, 0.05) is 17.3 Å². The second kappa shape index (κ2) is 6.71. The summed E-state index contributed by atoms with van der Waals surface area (Å²) in [5.41, 5.74) is 3.82. The SMILES string of the molecule is c1ccc(B(Cc2nccc3ccccc23)c2ccccc2)cc1. The fraction of sp³-hybridized carbons (Fsp3) is 0.0455. The molecule has 0 saturated heterocycles. The lowest BCUT2D eigenvalue weighted by Gasteiger charge is -2.15. The number of aromatic nitrogens is 1. The molecule has 2 heteroatoms. The van der Waals surface area contributed by atoms with E-state index in [-0.39, 0.29) is 0 Å². The van der Waals surface area contributed by atoms with Crippen molar-refractivity contribution in [3.05, 3.63) is 103 Å². The third-order valence-electron chi connectivity index (χ3n) is 4.56. The average Bonchev–Trinajstić information content (AvgIpc) is 2.67. The molecule has 0 fully saturated rings. The molecule has 114 valence electrons. The van der Waals surface area contributed by atoms with E-state index in [0.29, 0.717) is 6.71 Å². The lowest BCUT2D eigenvalue weighted by Crippen LogP contribution is -2.44. The number of hydrogen-bond acceptors (Lipinski definition) is 1. The van der Waals surface area contributed by atoms with Gasteiger partial charge in [-0.05, 0) is 17.8 Å². The Morgan fingerprint density at radius 1 is 0.625 bits per heavy atom. The van der Waals surface area contributed by atoms with Crippen molar-refractivity contribution in [1.82, 2.24) is 4.98 Å². The molecule has 0 amide bonds. The van der Waals surface area contributed by atoms with Gasteiger partial charge in [0.2, 0.25) is 6.71 Å². The van der Waals surface area contributed by atoms with Gasteiger partial charge in [0.05, 0.1) is 0 Å². The summed E-state index contributed by atoms with van der Waals surface area (Å²) in [5.74, 6) is 0. The summed E-state index contributed by atoms with van der Waals surface area (Å²) in [7, 11) is 0. The highest BCUT2D eigenvalue weighted by Crippen LogP contribution is 2.17. The van der Waals surface area contributed by atoms with Crippen molar-refractivity contribution in [2.75, 3.05) is 0 Å². The van der Waals surface area contributed by atoms with Crippen LogP contribution in [0.2, 0.25) is 0 Å². The Hall–Kier alpha value is -2.87. The maximum atomic E-state index is 4.70. The van der Waals surface area contributed by atoms with Gasteiger partial charge in [-0.15, -0.1) is 0 Å². The molecule has 1 heterocycles. The first-order chi connectivity index (χ1) is 11.9. The molecule has 0 N–H and O–H groups in total. The fourth-order valence-electron chi connectivity index (χ4n) is 3.34. The van der Waals surface area contributed by atoms with Crippen LogP contribution < -0.4 is 10.9 Å². The zero-order valence-electron chi connectivity index (χ0n) is 13.5. The molecule has 1 aromatic heterocycles. The minimum atomic E-state index is 0.311. The number of nitrogens with zero attached hydrogens (tertiary/aromatic N) is 1. The third-order valence-corrected chi connectivity index (χ3v) is 4.56. The molecule has 0 aliphatic heterocycles. The Labute approximate surface area is 143 Å². The van der Waals surface area contributed by atoms with Crippen LogP contribution in [0, 0.1) is 0 Å². The topological polar surface area (TPSA) is 12.9 Å². The molecule has 0 radical (unpaired) electrons. The first kappa shape index (κ1) is 14.7. The van der Waals surface area contributed by atoms with E-state index in [1.165, 1.54) is 21.7 Å². The van der Waals surface area contributed by atoms with Crippen molar-refractivity contribution in [2.24, 2.45) is 0 Å². The normalized spacial score (nSPS) is 10.7. The smallest absolute Gasteiger partial charge is 0.215 e. The van der Waals surface area contributed by atoms with Gasteiger partial charge in [-0.3, -0.25) is 4.98 Å². The second-order valence-electron chi connectivity index (χ2n) is 6.06. The predicted molar refractivity (Wildman–Crippen MR) is 103 cm³/mol. The second-order valence-corrected chi connectivity index (χ2v) is 6.06. The summed E-state index contributed by atoms with van der Waals surface area (Å²) in [6.07, 6.45) is 2.82. The van der Waals surface area contributed by atoms with Gasteiger partial charge in [-0.1, -0.05) is 95.9 Å². The minimum absolute atomic E-state index is 0.311. The summed E-state index contributed by atoms with van der Waals surface area (Å²) >= 11 is 0. The Kier molecular flexibility index (Phi) is 4.12. The summed E-state index contributed by atoms with van der Waals surface area (Å²) in [6.45, 7) is 0.311. The summed E-state index contributed by atoms with van der Waals surface area (Å²) < 4.78 is 0. The largest absolute Gasteiger partial charge is 0.261 e. The quantitative estimate of drug-likeness (QED) is 0.525. The van der Waals surface area contributed by atoms with Crippen molar-refractivity contribution < 1.29 is 0 Å². The molecule has 4 rings (SSSR count). The van der Waals surface area contributed by atoms with Crippen LogP contribution in [0.5, 0.6) is 0 Å². The highest BCUT2D eigenvalue weighted by molar-refractivity contribution is 6.84. The van der Waals surface area contributed by atoms with Crippen molar-refractivity contribution in [3.63, 3.8) is 0 Å². The van der Waals surface area contributed by atoms with E-state index in [9.17, 15) is 0 Å². The van der Waals surface area contributed by atoms with Crippen LogP contribution >= 0.6 is 0 Å². The third kappa shape index (κ3) is 2.96. The van der Waals surface area contributed by atoms with Crippen LogP contribution in [0.1, 0.15) is 5.69 Å². The van der Waals surface area contributed by atoms with Gasteiger partial charge in [0.1, 0.15) is 0 Å². The molecule has 0 spiro atoms. The van der Waals surface area contributed by atoms with Crippen molar-refractivity contribution in [2.45, 2.75) is 6.32 Å². The van der Waals surface area contributed by atoms with Crippen molar-refractivity contribution >= 4 is 28.4 Å². The monoisotopic (exact) mass is 307 g/mol. The van der Waals surface area contributed by atoms with Crippen LogP contribution in [0.25, 0.3) is 10.8 Å². The number of rotatable bonds is 4. The van der Waals surface area contributed by atoms with Crippen LogP contribution in [-0.4, -0.2) is 11.7 Å². The van der Waals surface area contributed by atoms with Gasteiger partial charge in [0.15, 0.2) is 0 Å². The molecule has 3 aromatic carbocycles. The van der Waals surface area contributed by atoms with Gasteiger partial charge in [-0.2, -0.15) is 0 Å². The highest BCUT2D eigenvalue weighted by atomic mass is 14.7. The van der Waals surface area contributed by atoms with E-state index in [1.54, 1.807) is 0 Å². The van der Waals surface area contributed by atoms with Crippen LogP contribution in [0.4, 0.5) is 0 Å². The summed E-state index contributed by atoms with van der Waals surface area (Å²) in [4.78, 5) is 4.70. The van der Waals surface area contributed by atoms with Gasteiger partial charge in [0.25, 0.3) is 0 Å². The van der Waals surface area contributed by atoms with Gasteiger partial charge >= 0.3 is 0 Å². The van der Waals surface area contributed by atoms with Gasteiger partial charge in [-0.25, -0.2) is 0 Å². The Balaban J connectivity index is 1.80. The molecule has 24 heavy (non-hydrogen) atoms. The molecule has 0 saturated carbocycles. The first-order valence-corrected chi connectivity index (χ1v) is 8.34. The summed E-state index contributed by atoms with van der Waals surface area (Å²) in [6, 6.07) is 32.0. The van der Waals surface area contributed by atoms with E-state index < -0.39 is 0 Å². The number of benzene rings is 3. The minimum Gasteiger partial charge on any atom is -0.261 e. The lowest BCUT2D eigenvalue weighted by atomic mass is 9.38. The van der Waals surface area contributed by atoms with Crippen molar-refractivity contribution in [3.8, 4) is 0 Å². The Morgan fingerprint density at radius 2 is 1.21 bits per heavy atom. The molecule has 0 aliphatic carbocycles. The number of fused-ring (bicyclic) bond motifs is 1. The molecule has 1 nitrogen and oxygen atoms in total. The average molecular weight is 307 g/mol. The molecule has 4 aromatic rings. The molecule has 0 unspecified atom stereocenters. The van der Waals surface area contributed by atoms with Crippen LogP contribution in [0.3, 0.4) is 0 Å². The van der Waals surface area contributed by atoms with Crippen molar-refractivity contribution in [1.29, 1.82) is 0 Å². The van der Waals surface area contributed by atoms with E-state index in [4.69, 9.17) is 4.98 Å². The van der Waals surface area contributed by atoms with E-state index >= 15 is 0 Å². The number of pyridine rings is 1.